The van der Waals surface area contributed by atoms with Gasteiger partial charge in [-0.3, -0.25) is 4.90 Å². The zero-order valence-electron chi connectivity index (χ0n) is 16.0. The van der Waals surface area contributed by atoms with Crippen molar-refractivity contribution >= 4 is 6.09 Å². The van der Waals surface area contributed by atoms with Crippen molar-refractivity contribution in [2.75, 3.05) is 39.3 Å². The van der Waals surface area contributed by atoms with Crippen molar-refractivity contribution < 1.29 is 9.53 Å². The van der Waals surface area contributed by atoms with Crippen molar-refractivity contribution in [3.05, 3.63) is 0 Å². The van der Waals surface area contributed by atoms with Crippen LogP contribution in [0.1, 0.15) is 54.4 Å². The summed E-state index contributed by atoms with van der Waals surface area (Å²) in [5.74, 6) is 0.611. The van der Waals surface area contributed by atoms with Crippen LogP contribution in [-0.4, -0.2) is 66.8 Å². The SMILES string of the molecule is CCCCNCC(C)C(C)N1CCN(C(=O)OC(C)(C)C)CC1. The fourth-order valence-corrected chi connectivity index (χ4v) is 2.80. The quantitative estimate of drug-likeness (QED) is 0.730. The van der Waals surface area contributed by atoms with Crippen LogP contribution >= 0.6 is 0 Å². The molecule has 136 valence electrons. The lowest BCUT2D eigenvalue weighted by Gasteiger charge is -2.40. The fourth-order valence-electron chi connectivity index (χ4n) is 2.80. The lowest BCUT2D eigenvalue weighted by molar-refractivity contribution is 0.00843. The molecule has 2 unspecified atom stereocenters. The van der Waals surface area contributed by atoms with Crippen molar-refractivity contribution in [2.24, 2.45) is 5.92 Å². The molecule has 0 aromatic heterocycles. The number of unbranched alkanes of at least 4 members (excludes halogenated alkanes) is 1. The summed E-state index contributed by atoms with van der Waals surface area (Å²) >= 11 is 0. The highest BCUT2D eigenvalue weighted by atomic mass is 16.6. The lowest BCUT2D eigenvalue weighted by Crippen LogP contribution is -2.54. The van der Waals surface area contributed by atoms with Gasteiger partial charge in [-0.2, -0.15) is 0 Å². The Morgan fingerprint density at radius 1 is 1.17 bits per heavy atom. The predicted molar refractivity (Wildman–Crippen MR) is 95.8 cm³/mol. The molecule has 1 aliphatic rings. The first-order chi connectivity index (χ1) is 10.7. The van der Waals surface area contributed by atoms with Gasteiger partial charge in [0, 0.05) is 32.2 Å². The Hall–Kier alpha value is -0.810. The molecule has 0 saturated carbocycles. The van der Waals surface area contributed by atoms with Crippen LogP contribution in [0.4, 0.5) is 4.79 Å². The molecule has 0 spiro atoms. The second-order valence-corrected chi connectivity index (χ2v) is 7.78. The van der Waals surface area contributed by atoms with Gasteiger partial charge in [-0.15, -0.1) is 0 Å². The van der Waals surface area contributed by atoms with Crippen LogP contribution in [0.2, 0.25) is 0 Å². The number of amides is 1. The Morgan fingerprint density at radius 2 is 1.78 bits per heavy atom. The maximum absolute atomic E-state index is 12.1. The molecule has 1 N–H and O–H groups in total. The Labute approximate surface area is 142 Å². The van der Waals surface area contributed by atoms with Gasteiger partial charge in [0.1, 0.15) is 5.60 Å². The van der Waals surface area contributed by atoms with Gasteiger partial charge in [-0.1, -0.05) is 20.3 Å². The summed E-state index contributed by atoms with van der Waals surface area (Å²) in [5.41, 5.74) is -0.416. The van der Waals surface area contributed by atoms with Gasteiger partial charge in [-0.05, 0) is 53.1 Å². The molecule has 1 saturated heterocycles. The molecule has 5 nitrogen and oxygen atoms in total. The van der Waals surface area contributed by atoms with Crippen molar-refractivity contribution in [1.29, 1.82) is 0 Å². The first-order valence-electron chi connectivity index (χ1n) is 9.17. The van der Waals surface area contributed by atoms with E-state index < -0.39 is 5.60 Å². The van der Waals surface area contributed by atoms with E-state index in [1.807, 2.05) is 25.7 Å². The predicted octanol–water partition coefficient (Wildman–Crippen LogP) is 2.95. The van der Waals surface area contributed by atoms with Crippen LogP contribution < -0.4 is 5.32 Å². The van der Waals surface area contributed by atoms with E-state index in [0.29, 0.717) is 12.0 Å². The first-order valence-corrected chi connectivity index (χ1v) is 9.17. The molecule has 1 amide bonds. The third kappa shape index (κ3) is 7.53. The highest BCUT2D eigenvalue weighted by molar-refractivity contribution is 5.68. The zero-order valence-corrected chi connectivity index (χ0v) is 16.0. The highest BCUT2D eigenvalue weighted by Gasteiger charge is 2.28. The van der Waals surface area contributed by atoms with Gasteiger partial charge in [0.25, 0.3) is 0 Å². The van der Waals surface area contributed by atoms with Gasteiger partial charge >= 0.3 is 6.09 Å². The summed E-state index contributed by atoms with van der Waals surface area (Å²) in [5, 5.41) is 3.55. The molecule has 0 aromatic carbocycles. The lowest BCUT2D eigenvalue weighted by atomic mass is 10.0. The number of piperazine rings is 1. The average molecular weight is 328 g/mol. The molecule has 0 aromatic rings. The van der Waals surface area contributed by atoms with Crippen LogP contribution in [-0.2, 0) is 4.74 Å². The number of carbonyl (C=O) groups excluding carboxylic acids is 1. The Kier molecular flexibility index (Phi) is 8.34. The number of ether oxygens (including phenoxy) is 1. The van der Waals surface area contributed by atoms with Gasteiger partial charge < -0.3 is 15.0 Å². The van der Waals surface area contributed by atoms with Crippen molar-refractivity contribution in [3.8, 4) is 0 Å². The molecule has 1 fully saturated rings. The van der Waals surface area contributed by atoms with Crippen LogP contribution in [0, 0.1) is 5.92 Å². The number of nitrogens with one attached hydrogen (secondary N) is 1. The van der Waals surface area contributed by atoms with Crippen LogP contribution in [0.5, 0.6) is 0 Å². The van der Waals surface area contributed by atoms with E-state index in [2.05, 4.69) is 31.0 Å². The summed E-state index contributed by atoms with van der Waals surface area (Å²) in [6.45, 7) is 18.1. The maximum atomic E-state index is 12.1. The average Bonchev–Trinajstić information content (AvgIpc) is 2.49. The largest absolute Gasteiger partial charge is 0.444 e. The van der Waals surface area contributed by atoms with E-state index in [1.54, 1.807) is 0 Å². The van der Waals surface area contributed by atoms with E-state index in [0.717, 1.165) is 39.3 Å². The minimum atomic E-state index is -0.416. The molecule has 23 heavy (non-hydrogen) atoms. The van der Waals surface area contributed by atoms with Crippen molar-refractivity contribution in [1.82, 2.24) is 15.1 Å². The van der Waals surface area contributed by atoms with E-state index >= 15 is 0 Å². The Balaban J connectivity index is 2.33. The highest BCUT2D eigenvalue weighted by Crippen LogP contribution is 2.16. The fraction of sp³-hybridized carbons (Fsp3) is 0.944. The van der Waals surface area contributed by atoms with E-state index in [-0.39, 0.29) is 6.09 Å². The maximum Gasteiger partial charge on any atom is 0.410 e. The third-order valence-corrected chi connectivity index (χ3v) is 4.54. The molecule has 1 rings (SSSR count). The summed E-state index contributed by atoms with van der Waals surface area (Å²) < 4.78 is 5.45. The minimum absolute atomic E-state index is 0.181. The van der Waals surface area contributed by atoms with E-state index in [1.165, 1.54) is 12.8 Å². The minimum Gasteiger partial charge on any atom is -0.444 e. The smallest absolute Gasteiger partial charge is 0.410 e. The second kappa shape index (κ2) is 9.48. The summed E-state index contributed by atoms with van der Waals surface area (Å²) in [6, 6.07) is 0.532. The number of hydrogen-bond acceptors (Lipinski definition) is 4. The normalized spacial score (nSPS) is 19.5. The Bertz CT molecular complexity index is 347. The summed E-state index contributed by atoms with van der Waals surface area (Å²) in [6.07, 6.45) is 2.30. The van der Waals surface area contributed by atoms with Crippen molar-refractivity contribution in [2.45, 2.75) is 66.0 Å². The van der Waals surface area contributed by atoms with Gasteiger partial charge in [0.2, 0.25) is 0 Å². The molecule has 0 radical (unpaired) electrons. The molecular weight excluding hydrogens is 290 g/mol. The van der Waals surface area contributed by atoms with Crippen LogP contribution in [0.15, 0.2) is 0 Å². The third-order valence-electron chi connectivity index (χ3n) is 4.54. The molecule has 0 bridgehead atoms. The van der Waals surface area contributed by atoms with E-state index in [9.17, 15) is 4.79 Å². The van der Waals surface area contributed by atoms with Crippen LogP contribution in [0.25, 0.3) is 0 Å². The van der Waals surface area contributed by atoms with Crippen LogP contribution in [0.3, 0.4) is 0 Å². The van der Waals surface area contributed by atoms with E-state index in [4.69, 9.17) is 4.74 Å². The molecule has 5 heteroatoms. The van der Waals surface area contributed by atoms with Crippen molar-refractivity contribution in [3.63, 3.8) is 0 Å². The van der Waals surface area contributed by atoms with Gasteiger partial charge in [0.15, 0.2) is 0 Å². The number of hydrogen-bond donors (Lipinski definition) is 1. The standard InChI is InChI=1S/C18H37N3O2/c1-7-8-9-19-14-15(2)16(3)20-10-12-21(13-11-20)17(22)23-18(4,5)6/h15-16,19H,7-14H2,1-6H3. The molecule has 0 aliphatic carbocycles. The molecule has 1 aliphatic heterocycles. The molecular formula is C18H37N3O2. The summed E-state index contributed by atoms with van der Waals surface area (Å²) in [7, 11) is 0. The summed E-state index contributed by atoms with van der Waals surface area (Å²) in [4.78, 5) is 16.4. The number of rotatable bonds is 7. The second-order valence-electron chi connectivity index (χ2n) is 7.78. The van der Waals surface area contributed by atoms with Gasteiger partial charge in [-0.25, -0.2) is 4.79 Å². The zero-order chi connectivity index (χ0) is 17.5. The topological polar surface area (TPSA) is 44.8 Å². The molecule has 2 atom stereocenters. The number of nitrogens with zero attached hydrogens (tertiary/aromatic N) is 2. The number of carbonyl (C=O) groups is 1. The monoisotopic (exact) mass is 327 g/mol. The Morgan fingerprint density at radius 3 is 2.30 bits per heavy atom. The molecule has 1 heterocycles. The van der Waals surface area contributed by atoms with Gasteiger partial charge in [0.05, 0.1) is 0 Å². The first kappa shape index (κ1) is 20.2.